The third-order valence-electron chi connectivity index (χ3n) is 7.55. The van der Waals surface area contributed by atoms with Gasteiger partial charge in [-0.05, 0) is 62.0 Å². The van der Waals surface area contributed by atoms with Crippen LogP contribution in [0, 0.1) is 17.2 Å². The van der Waals surface area contributed by atoms with Crippen molar-refractivity contribution in [2.75, 3.05) is 38.0 Å². The van der Waals surface area contributed by atoms with E-state index in [1.54, 1.807) is 17.0 Å². The molecule has 14 heteroatoms. The fraction of sp³-hybridized carbons (Fsp3) is 0.630. The van der Waals surface area contributed by atoms with E-state index in [-0.39, 0.29) is 47.8 Å². The number of guanidine groups is 1. The summed E-state index contributed by atoms with van der Waals surface area (Å²) in [5, 5.41) is 24.7. The number of hydrogen-bond donors (Lipinski definition) is 7. The first kappa shape index (κ1) is 32.1. The fourth-order valence-corrected chi connectivity index (χ4v) is 6.74. The Hall–Kier alpha value is -3.39. The van der Waals surface area contributed by atoms with Crippen LogP contribution in [0.15, 0.2) is 23.1 Å². The number of carbonyl (C=O) groups is 3. The molecule has 2 amide bonds. The van der Waals surface area contributed by atoms with Crippen LogP contribution in [0.5, 0.6) is 0 Å². The molecule has 3 rings (SSSR count). The zero-order chi connectivity index (χ0) is 30.0. The van der Waals surface area contributed by atoms with Crippen LogP contribution in [0.3, 0.4) is 0 Å². The molecule has 2 aliphatic heterocycles. The van der Waals surface area contributed by atoms with Crippen LogP contribution >= 0.6 is 0 Å². The number of nitrogens with one attached hydrogen (secondary N) is 5. The smallest absolute Gasteiger partial charge is 0.303 e. The number of para-hydroxylation sites is 1. The van der Waals surface area contributed by atoms with E-state index in [0.717, 1.165) is 31.2 Å². The zero-order valence-corrected chi connectivity index (χ0v) is 24.4. The number of rotatable bonds is 14. The molecular formula is C27H43N7O6S. The predicted octanol–water partition coefficient (Wildman–Crippen LogP) is 0.811. The Morgan fingerprint density at radius 3 is 2.59 bits per heavy atom. The molecular weight excluding hydrogens is 550 g/mol. The van der Waals surface area contributed by atoms with Gasteiger partial charge >= 0.3 is 5.97 Å². The summed E-state index contributed by atoms with van der Waals surface area (Å²) in [6, 6.07) is 4.21. The van der Waals surface area contributed by atoms with Crippen LogP contribution in [-0.2, 0) is 30.8 Å². The maximum absolute atomic E-state index is 13.6. The topological polar surface area (TPSA) is 207 Å². The molecule has 0 aliphatic carbocycles. The van der Waals surface area contributed by atoms with E-state index >= 15 is 0 Å². The summed E-state index contributed by atoms with van der Waals surface area (Å²) >= 11 is 0. The van der Waals surface area contributed by atoms with E-state index in [0.29, 0.717) is 50.7 Å². The predicted molar refractivity (Wildman–Crippen MR) is 155 cm³/mol. The Morgan fingerprint density at radius 1 is 1.17 bits per heavy atom. The van der Waals surface area contributed by atoms with Gasteiger partial charge in [-0.25, -0.2) is 8.42 Å². The van der Waals surface area contributed by atoms with Gasteiger partial charge in [0.05, 0.1) is 12.1 Å². The van der Waals surface area contributed by atoms with Crippen molar-refractivity contribution in [3.05, 3.63) is 23.8 Å². The molecule has 0 radical (unpaired) electrons. The Kier molecular flexibility index (Phi) is 11.8. The van der Waals surface area contributed by atoms with Crippen molar-refractivity contribution in [1.29, 1.82) is 5.41 Å². The van der Waals surface area contributed by atoms with Gasteiger partial charge in [-0.15, -0.1) is 0 Å². The van der Waals surface area contributed by atoms with Gasteiger partial charge in [0, 0.05) is 39.1 Å². The van der Waals surface area contributed by atoms with E-state index in [9.17, 15) is 22.8 Å². The van der Waals surface area contributed by atoms with Crippen molar-refractivity contribution >= 4 is 39.5 Å². The second kappa shape index (κ2) is 15.0. The van der Waals surface area contributed by atoms with Crippen molar-refractivity contribution in [3.63, 3.8) is 0 Å². The van der Waals surface area contributed by atoms with Crippen LogP contribution in [0.1, 0.15) is 57.4 Å². The van der Waals surface area contributed by atoms with Crippen molar-refractivity contribution in [2.24, 2.45) is 17.6 Å². The lowest BCUT2D eigenvalue weighted by molar-refractivity contribution is -0.139. The zero-order valence-electron chi connectivity index (χ0n) is 23.6. The largest absolute Gasteiger partial charge is 0.481 e. The molecule has 0 saturated carbocycles. The number of carboxylic acids is 1. The van der Waals surface area contributed by atoms with Gasteiger partial charge < -0.3 is 31.7 Å². The minimum absolute atomic E-state index is 0.0531. The molecule has 2 atom stereocenters. The molecule has 13 nitrogen and oxygen atoms in total. The molecule has 1 saturated heterocycles. The third-order valence-corrected chi connectivity index (χ3v) is 9.06. The number of piperidine rings is 1. The van der Waals surface area contributed by atoms with Gasteiger partial charge in [0.2, 0.25) is 21.8 Å². The molecule has 1 unspecified atom stereocenters. The summed E-state index contributed by atoms with van der Waals surface area (Å²) in [5.74, 6) is -1.11. The highest BCUT2D eigenvalue weighted by molar-refractivity contribution is 7.89. The molecule has 1 aromatic carbocycles. The lowest BCUT2D eigenvalue weighted by Gasteiger charge is -2.34. The highest BCUT2D eigenvalue weighted by atomic mass is 32.2. The van der Waals surface area contributed by atoms with E-state index in [1.165, 1.54) is 0 Å². The Labute approximate surface area is 241 Å². The van der Waals surface area contributed by atoms with E-state index in [4.69, 9.17) is 16.2 Å². The SMILES string of the molecule is CC1CNc2c(cccc2S(=O)(=O)N[C@@H](CCCNC(=N)N)C(=O)N2CCC(CCNC(=O)CCC(=O)O)CC2)C1. The van der Waals surface area contributed by atoms with Crippen LogP contribution in [-0.4, -0.2) is 80.9 Å². The summed E-state index contributed by atoms with van der Waals surface area (Å²) in [6.07, 6.45) is 3.34. The lowest BCUT2D eigenvalue weighted by atomic mass is 9.93. The highest BCUT2D eigenvalue weighted by Gasteiger charge is 2.33. The standard InChI is InChI=1S/C27H43N7O6S/c1-18-16-20-4-2-6-22(25(20)32-17-18)41(39,40)33-21(5-3-12-31-27(28)29)26(38)34-14-10-19(11-15-34)9-13-30-23(35)7-8-24(36)37/h2,4,6,18-19,21,32-33H,3,5,7-17H2,1H3,(H,30,35)(H,36,37)(H4,28,29,31)/t18?,21-/m0/s1. The Morgan fingerprint density at radius 2 is 1.90 bits per heavy atom. The molecule has 2 aliphatic rings. The number of aliphatic carboxylic acids is 1. The number of nitrogens with two attached hydrogens (primary N) is 1. The lowest BCUT2D eigenvalue weighted by Crippen LogP contribution is -2.51. The van der Waals surface area contributed by atoms with Gasteiger partial charge in [-0.3, -0.25) is 19.8 Å². The number of nitrogens with zero attached hydrogens (tertiary/aromatic N) is 1. The molecule has 228 valence electrons. The monoisotopic (exact) mass is 593 g/mol. The van der Waals surface area contributed by atoms with Crippen molar-refractivity contribution in [3.8, 4) is 0 Å². The van der Waals surface area contributed by atoms with Gasteiger partial charge in [-0.1, -0.05) is 19.1 Å². The van der Waals surface area contributed by atoms with Gasteiger partial charge in [0.15, 0.2) is 5.96 Å². The average Bonchev–Trinajstić information content (AvgIpc) is 2.92. The number of sulfonamides is 1. The molecule has 0 aromatic heterocycles. The average molecular weight is 594 g/mol. The number of benzene rings is 1. The molecule has 0 bridgehead atoms. The van der Waals surface area contributed by atoms with Crippen LogP contribution in [0.2, 0.25) is 0 Å². The van der Waals surface area contributed by atoms with E-state index < -0.39 is 22.0 Å². The Bertz CT molecular complexity index is 1200. The van der Waals surface area contributed by atoms with Gasteiger partial charge in [0.1, 0.15) is 10.9 Å². The Balaban J connectivity index is 1.61. The molecule has 8 N–H and O–H groups in total. The summed E-state index contributed by atoms with van der Waals surface area (Å²) in [5.41, 5.74) is 6.87. The first-order chi connectivity index (χ1) is 19.5. The molecule has 1 aromatic rings. The first-order valence-electron chi connectivity index (χ1n) is 14.2. The van der Waals surface area contributed by atoms with Gasteiger partial charge in [-0.2, -0.15) is 4.72 Å². The van der Waals surface area contributed by atoms with Crippen LogP contribution < -0.4 is 26.4 Å². The summed E-state index contributed by atoms with van der Waals surface area (Å²) in [7, 11) is -4.02. The van der Waals surface area contributed by atoms with E-state index in [2.05, 4.69) is 27.6 Å². The van der Waals surface area contributed by atoms with Crippen LogP contribution in [0.4, 0.5) is 5.69 Å². The minimum Gasteiger partial charge on any atom is -0.481 e. The highest BCUT2D eigenvalue weighted by Crippen LogP contribution is 2.31. The molecule has 41 heavy (non-hydrogen) atoms. The number of carboxylic acid groups (broad SMARTS) is 1. The first-order valence-corrected chi connectivity index (χ1v) is 15.7. The number of fused-ring (bicyclic) bond motifs is 1. The number of amides is 2. The number of carbonyl (C=O) groups excluding carboxylic acids is 2. The maximum atomic E-state index is 13.6. The van der Waals surface area contributed by atoms with Gasteiger partial charge in [0.25, 0.3) is 0 Å². The number of anilines is 1. The summed E-state index contributed by atoms with van der Waals surface area (Å²) in [4.78, 5) is 37.8. The summed E-state index contributed by atoms with van der Waals surface area (Å²) in [6.45, 7) is 4.49. The fourth-order valence-electron chi connectivity index (χ4n) is 5.29. The molecule has 2 heterocycles. The molecule has 1 fully saturated rings. The van der Waals surface area contributed by atoms with E-state index in [1.807, 2.05) is 6.07 Å². The second-order valence-corrected chi connectivity index (χ2v) is 12.6. The van der Waals surface area contributed by atoms with Crippen molar-refractivity contribution < 1.29 is 27.9 Å². The van der Waals surface area contributed by atoms with Crippen LogP contribution in [0.25, 0.3) is 0 Å². The number of hydrogen-bond acceptors (Lipinski definition) is 7. The minimum atomic E-state index is -4.02. The second-order valence-electron chi connectivity index (χ2n) is 10.9. The number of likely N-dealkylation sites (tertiary alicyclic amines) is 1. The summed E-state index contributed by atoms with van der Waals surface area (Å²) < 4.78 is 29.8. The molecule has 0 spiro atoms. The normalized spacial score (nSPS) is 18.1. The quantitative estimate of drug-likeness (QED) is 0.0924. The third kappa shape index (κ3) is 9.88. The maximum Gasteiger partial charge on any atom is 0.303 e. The van der Waals surface area contributed by atoms with Crippen molar-refractivity contribution in [1.82, 2.24) is 20.3 Å². The van der Waals surface area contributed by atoms with Crippen molar-refractivity contribution in [2.45, 2.75) is 69.2 Å².